The molecule has 0 atom stereocenters. The monoisotopic (exact) mass is 377 g/mol. The van der Waals surface area contributed by atoms with Crippen molar-refractivity contribution in [1.82, 2.24) is 4.98 Å². The summed E-state index contributed by atoms with van der Waals surface area (Å²) in [6.07, 6.45) is 0.840. The van der Waals surface area contributed by atoms with E-state index >= 15 is 0 Å². The van der Waals surface area contributed by atoms with E-state index in [4.69, 9.17) is 16.6 Å². The molecule has 0 amide bonds. The van der Waals surface area contributed by atoms with Crippen molar-refractivity contribution in [1.29, 1.82) is 0 Å². The lowest BCUT2D eigenvalue weighted by Crippen LogP contribution is -1.88. The maximum atomic E-state index is 5.92. The molecule has 0 saturated heterocycles. The number of aromatic nitrogens is 1. The summed E-state index contributed by atoms with van der Waals surface area (Å²) in [5, 5.41) is 1.89. The summed E-state index contributed by atoms with van der Waals surface area (Å²) in [6.45, 7) is 2.12. The molecule has 106 valence electrons. The van der Waals surface area contributed by atoms with Gasteiger partial charge in [-0.25, -0.2) is 4.98 Å². The zero-order valence-corrected chi connectivity index (χ0v) is 14.6. The Balaban J connectivity index is 1.91. The molecule has 3 aromatic rings. The minimum atomic E-state index is 0.767. The first-order chi connectivity index (χ1) is 10.1. The van der Waals surface area contributed by atoms with Gasteiger partial charge in [-0.3, -0.25) is 0 Å². The number of rotatable bonds is 3. The van der Waals surface area contributed by atoms with Crippen LogP contribution in [0, 0.1) is 6.92 Å². The second-order valence-corrected chi connectivity index (χ2v) is 7.37. The molecule has 0 aliphatic carbocycles. The van der Waals surface area contributed by atoms with Crippen LogP contribution in [0.15, 0.2) is 53.0 Å². The second-order valence-electron chi connectivity index (χ2n) is 4.80. The number of thiazole rings is 1. The number of halogens is 2. The minimum Gasteiger partial charge on any atom is -0.241 e. The molecule has 1 nitrogen and oxygen atoms in total. The lowest BCUT2D eigenvalue weighted by atomic mass is 10.1. The van der Waals surface area contributed by atoms with Crippen LogP contribution in [0.25, 0.3) is 11.3 Å². The fourth-order valence-electron chi connectivity index (χ4n) is 2.21. The molecule has 3 rings (SSSR count). The van der Waals surface area contributed by atoms with Gasteiger partial charge in [0, 0.05) is 26.4 Å². The van der Waals surface area contributed by atoms with E-state index in [2.05, 4.69) is 41.1 Å². The Hall–Kier alpha value is -1.16. The predicted molar refractivity (Wildman–Crippen MR) is 94.2 cm³/mol. The van der Waals surface area contributed by atoms with Crippen LogP contribution in [0.5, 0.6) is 0 Å². The molecule has 0 aliphatic heterocycles. The van der Waals surface area contributed by atoms with Crippen LogP contribution >= 0.6 is 38.9 Å². The Morgan fingerprint density at radius 2 is 1.81 bits per heavy atom. The molecule has 0 unspecified atom stereocenters. The van der Waals surface area contributed by atoms with E-state index in [0.717, 1.165) is 32.2 Å². The van der Waals surface area contributed by atoms with Gasteiger partial charge in [-0.1, -0.05) is 57.9 Å². The highest BCUT2D eigenvalue weighted by Gasteiger charge is 2.12. The second kappa shape index (κ2) is 6.30. The predicted octanol–water partition coefficient (Wildman–Crippen LogP) is 6.13. The zero-order chi connectivity index (χ0) is 14.8. The summed E-state index contributed by atoms with van der Waals surface area (Å²) < 4.78 is 1.08. The third-order valence-corrected chi connectivity index (χ3v) is 5.15. The lowest BCUT2D eigenvalue weighted by molar-refractivity contribution is 1.14. The van der Waals surface area contributed by atoms with Gasteiger partial charge in [-0.05, 0) is 30.7 Å². The van der Waals surface area contributed by atoms with Gasteiger partial charge < -0.3 is 0 Å². The number of hydrogen-bond acceptors (Lipinski definition) is 2. The smallest absolute Gasteiger partial charge is 0.0979 e. The lowest BCUT2D eigenvalue weighted by Gasteiger charge is -2.01. The Bertz CT molecular complexity index is 765. The summed E-state index contributed by atoms with van der Waals surface area (Å²) in [5.74, 6) is 0. The highest BCUT2D eigenvalue weighted by Crippen LogP contribution is 2.33. The number of nitrogens with zero attached hydrogens (tertiary/aromatic N) is 1. The number of aryl methyl sites for hydroxylation is 1. The van der Waals surface area contributed by atoms with Gasteiger partial charge >= 0.3 is 0 Å². The van der Waals surface area contributed by atoms with Crippen molar-refractivity contribution in [3.05, 3.63) is 73.5 Å². The van der Waals surface area contributed by atoms with E-state index in [0.29, 0.717) is 0 Å². The molecule has 1 aromatic heterocycles. The Labute approximate surface area is 141 Å². The summed E-state index contributed by atoms with van der Waals surface area (Å²) >= 11 is 11.3. The SMILES string of the molecule is Cc1sc(Cc2ccc(Cl)cc2)nc1-c1ccccc1Br. The highest BCUT2D eigenvalue weighted by molar-refractivity contribution is 9.10. The molecule has 1 heterocycles. The van der Waals surface area contributed by atoms with Gasteiger partial charge in [0.15, 0.2) is 0 Å². The minimum absolute atomic E-state index is 0.767. The van der Waals surface area contributed by atoms with E-state index in [1.54, 1.807) is 11.3 Å². The largest absolute Gasteiger partial charge is 0.241 e. The molecule has 4 heteroatoms. The van der Waals surface area contributed by atoms with Crippen molar-refractivity contribution < 1.29 is 0 Å². The Morgan fingerprint density at radius 1 is 1.10 bits per heavy atom. The van der Waals surface area contributed by atoms with Crippen LogP contribution in [-0.4, -0.2) is 4.98 Å². The third kappa shape index (κ3) is 3.37. The van der Waals surface area contributed by atoms with E-state index in [9.17, 15) is 0 Å². The summed E-state index contributed by atoms with van der Waals surface area (Å²) in [6, 6.07) is 16.2. The number of hydrogen-bond donors (Lipinski definition) is 0. The van der Waals surface area contributed by atoms with E-state index in [1.807, 2.05) is 30.3 Å². The topological polar surface area (TPSA) is 12.9 Å². The highest BCUT2D eigenvalue weighted by atomic mass is 79.9. The molecule has 21 heavy (non-hydrogen) atoms. The summed E-state index contributed by atoms with van der Waals surface area (Å²) in [5.41, 5.74) is 3.44. The van der Waals surface area contributed by atoms with Gasteiger partial charge in [0.25, 0.3) is 0 Å². The van der Waals surface area contributed by atoms with Crippen molar-refractivity contribution in [3.63, 3.8) is 0 Å². The summed E-state index contributed by atoms with van der Waals surface area (Å²) in [4.78, 5) is 6.06. The first-order valence-electron chi connectivity index (χ1n) is 6.59. The molecule has 0 radical (unpaired) electrons. The molecule has 0 spiro atoms. The average Bonchev–Trinajstić information content (AvgIpc) is 2.83. The third-order valence-electron chi connectivity index (χ3n) is 3.24. The fourth-order valence-corrected chi connectivity index (χ4v) is 3.79. The fraction of sp³-hybridized carbons (Fsp3) is 0.118. The first kappa shape index (κ1) is 14.8. The number of benzene rings is 2. The van der Waals surface area contributed by atoms with Crippen molar-refractivity contribution in [3.8, 4) is 11.3 Å². The normalized spacial score (nSPS) is 10.8. The summed E-state index contributed by atoms with van der Waals surface area (Å²) in [7, 11) is 0. The van der Waals surface area contributed by atoms with Crippen LogP contribution in [-0.2, 0) is 6.42 Å². The van der Waals surface area contributed by atoms with Crippen molar-refractivity contribution >= 4 is 38.9 Å². The zero-order valence-electron chi connectivity index (χ0n) is 11.4. The van der Waals surface area contributed by atoms with Gasteiger partial charge in [0.2, 0.25) is 0 Å². The molecule has 0 fully saturated rings. The quantitative estimate of drug-likeness (QED) is 0.534. The Morgan fingerprint density at radius 3 is 2.52 bits per heavy atom. The van der Waals surface area contributed by atoms with Crippen molar-refractivity contribution in [2.45, 2.75) is 13.3 Å². The van der Waals surface area contributed by atoms with Gasteiger partial charge in [-0.15, -0.1) is 11.3 Å². The van der Waals surface area contributed by atoms with Crippen LogP contribution in [0.3, 0.4) is 0 Å². The standard InChI is InChI=1S/C17H13BrClNS/c1-11-17(14-4-2-3-5-15(14)18)20-16(21-11)10-12-6-8-13(19)9-7-12/h2-9H,10H2,1H3. The molecule has 0 N–H and O–H groups in total. The molecule has 0 aliphatic rings. The Kier molecular flexibility index (Phi) is 4.43. The van der Waals surface area contributed by atoms with E-state index < -0.39 is 0 Å². The van der Waals surface area contributed by atoms with Crippen molar-refractivity contribution in [2.24, 2.45) is 0 Å². The van der Waals surface area contributed by atoms with Crippen LogP contribution in [0.4, 0.5) is 0 Å². The molecule has 0 saturated carbocycles. The van der Waals surface area contributed by atoms with Crippen molar-refractivity contribution in [2.75, 3.05) is 0 Å². The maximum absolute atomic E-state index is 5.92. The van der Waals surface area contributed by atoms with Crippen LogP contribution in [0.1, 0.15) is 15.4 Å². The van der Waals surface area contributed by atoms with Gasteiger partial charge in [0.1, 0.15) is 0 Å². The molecule has 0 bridgehead atoms. The first-order valence-corrected chi connectivity index (χ1v) is 8.58. The maximum Gasteiger partial charge on any atom is 0.0979 e. The van der Waals surface area contributed by atoms with Crippen LogP contribution < -0.4 is 0 Å². The van der Waals surface area contributed by atoms with E-state index in [-0.39, 0.29) is 0 Å². The van der Waals surface area contributed by atoms with Gasteiger partial charge in [0.05, 0.1) is 10.7 Å². The van der Waals surface area contributed by atoms with Gasteiger partial charge in [-0.2, -0.15) is 0 Å². The van der Waals surface area contributed by atoms with Crippen LogP contribution in [0.2, 0.25) is 5.02 Å². The molecular formula is C17H13BrClNS. The van der Waals surface area contributed by atoms with E-state index in [1.165, 1.54) is 10.4 Å². The average molecular weight is 379 g/mol. The molecular weight excluding hydrogens is 366 g/mol. The molecule has 2 aromatic carbocycles.